The van der Waals surface area contributed by atoms with Crippen molar-refractivity contribution in [1.29, 1.82) is 0 Å². The van der Waals surface area contributed by atoms with Crippen molar-refractivity contribution in [2.75, 3.05) is 6.54 Å². The first-order valence-corrected chi connectivity index (χ1v) is 5.94. The molecule has 4 heteroatoms. The minimum Gasteiger partial charge on any atom is -0.410 e. The molecule has 0 aliphatic heterocycles. The van der Waals surface area contributed by atoms with Crippen molar-refractivity contribution in [2.24, 2.45) is 5.92 Å². The average Bonchev–Trinajstić information content (AvgIpc) is 2.74. The molecule has 92 valence electrons. The van der Waals surface area contributed by atoms with E-state index >= 15 is 0 Å². The van der Waals surface area contributed by atoms with Crippen LogP contribution in [0.1, 0.15) is 19.3 Å². The van der Waals surface area contributed by atoms with E-state index in [-0.39, 0.29) is 12.0 Å². The van der Waals surface area contributed by atoms with Gasteiger partial charge in [0.25, 0.3) is 0 Å². The van der Waals surface area contributed by atoms with Gasteiger partial charge in [0.05, 0.1) is 6.10 Å². The lowest BCUT2D eigenvalue weighted by atomic mass is 10.1. The highest BCUT2D eigenvalue weighted by molar-refractivity contribution is 5.70. The summed E-state index contributed by atoms with van der Waals surface area (Å²) in [5.74, 6) is 0.690. The number of amides is 1. The molecule has 1 fully saturated rings. The highest BCUT2D eigenvalue weighted by Gasteiger charge is 2.25. The third-order valence-corrected chi connectivity index (χ3v) is 3.08. The van der Waals surface area contributed by atoms with Gasteiger partial charge in [-0.25, -0.2) is 4.79 Å². The summed E-state index contributed by atoms with van der Waals surface area (Å²) in [4.78, 5) is 11.5. The van der Waals surface area contributed by atoms with Crippen LogP contribution in [-0.4, -0.2) is 23.8 Å². The molecule has 1 aromatic rings. The van der Waals surface area contributed by atoms with Crippen molar-refractivity contribution in [3.63, 3.8) is 0 Å². The zero-order chi connectivity index (χ0) is 12.1. The first-order chi connectivity index (χ1) is 8.25. The summed E-state index contributed by atoms with van der Waals surface area (Å²) in [6.07, 6.45) is 2.08. The molecular formula is C13H17NO3. The molecule has 1 saturated carbocycles. The Morgan fingerprint density at radius 1 is 1.35 bits per heavy atom. The maximum absolute atomic E-state index is 11.5. The Morgan fingerprint density at radius 2 is 2.12 bits per heavy atom. The molecule has 0 bridgehead atoms. The van der Waals surface area contributed by atoms with E-state index in [0.717, 1.165) is 19.3 Å². The fraction of sp³-hybridized carbons (Fsp3) is 0.462. The Bertz CT molecular complexity index is 366. The third kappa shape index (κ3) is 3.46. The smallest absolute Gasteiger partial charge is 0.410 e. The van der Waals surface area contributed by atoms with Crippen LogP contribution in [0.4, 0.5) is 4.79 Å². The van der Waals surface area contributed by atoms with Gasteiger partial charge in [0.2, 0.25) is 0 Å². The summed E-state index contributed by atoms with van der Waals surface area (Å²) in [6, 6.07) is 8.93. The Labute approximate surface area is 101 Å². The highest BCUT2D eigenvalue weighted by atomic mass is 16.6. The van der Waals surface area contributed by atoms with Gasteiger partial charge >= 0.3 is 6.09 Å². The molecule has 1 aliphatic carbocycles. The summed E-state index contributed by atoms with van der Waals surface area (Å²) < 4.78 is 5.08. The van der Waals surface area contributed by atoms with Gasteiger partial charge in [-0.2, -0.15) is 0 Å². The van der Waals surface area contributed by atoms with Crippen molar-refractivity contribution in [3.8, 4) is 5.75 Å². The topological polar surface area (TPSA) is 58.6 Å². The van der Waals surface area contributed by atoms with Crippen LogP contribution in [0.3, 0.4) is 0 Å². The van der Waals surface area contributed by atoms with Crippen LogP contribution >= 0.6 is 0 Å². The van der Waals surface area contributed by atoms with Gasteiger partial charge in [0.15, 0.2) is 0 Å². The monoisotopic (exact) mass is 235 g/mol. The number of ether oxygens (including phenoxy) is 1. The van der Waals surface area contributed by atoms with Crippen LogP contribution in [-0.2, 0) is 0 Å². The Kier molecular flexibility index (Phi) is 3.98. The van der Waals surface area contributed by atoms with Crippen LogP contribution in [0, 0.1) is 5.92 Å². The molecule has 0 heterocycles. The first-order valence-electron chi connectivity index (χ1n) is 5.94. The van der Waals surface area contributed by atoms with E-state index in [1.807, 2.05) is 18.2 Å². The standard InChI is InChI=1S/C13H17NO3/c15-12-8-4-5-10(12)9-14-13(16)17-11-6-2-1-3-7-11/h1-3,6-7,10,12,15H,4-5,8-9H2,(H,14,16). The molecule has 2 rings (SSSR count). The number of carbonyl (C=O) groups is 1. The number of nitrogens with one attached hydrogen (secondary N) is 1. The fourth-order valence-electron chi connectivity index (χ4n) is 2.10. The van der Waals surface area contributed by atoms with Gasteiger partial charge in [-0.3, -0.25) is 0 Å². The Balaban J connectivity index is 1.74. The molecule has 1 aliphatic rings. The molecule has 2 N–H and O–H groups in total. The van der Waals surface area contributed by atoms with E-state index in [0.29, 0.717) is 12.3 Å². The van der Waals surface area contributed by atoms with Crippen LogP contribution in [0.2, 0.25) is 0 Å². The molecule has 0 spiro atoms. The Hall–Kier alpha value is -1.55. The predicted octanol–water partition coefficient (Wildman–Crippen LogP) is 1.94. The minimum absolute atomic E-state index is 0.165. The lowest BCUT2D eigenvalue weighted by Crippen LogP contribution is -2.34. The lowest BCUT2D eigenvalue weighted by molar-refractivity contribution is 0.130. The van der Waals surface area contributed by atoms with E-state index in [2.05, 4.69) is 5.32 Å². The van der Waals surface area contributed by atoms with Gasteiger partial charge in [-0.1, -0.05) is 24.6 Å². The quantitative estimate of drug-likeness (QED) is 0.841. The zero-order valence-corrected chi connectivity index (χ0v) is 9.63. The van der Waals surface area contributed by atoms with Crippen LogP contribution in [0.15, 0.2) is 30.3 Å². The number of rotatable bonds is 3. The predicted molar refractivity (Wildman–Crippen MR) is 63.8 cm³/mol. The summed E-state index contributed by atoms with van der Waals surface area (Å²) in [6.45, 7) is 0.479. The van der Waals surface area contributed by atoms with E-state index in [9.17, 15) is 9.90 Å². The normalized spacial score (nSPS) is 23.4. The number of aliphatic hydroxyl groups is 1. The van der Waals surface area contributed by atoms with Gasteiger partial charge in [0, 0.05) is 12.5 Å². The van der Waals surface area contributed by atoms with E-state index in [4.69, 9.17) is 4.74 Å². The van der Waals surface area contributed by atoms with Gasteiger partial charge in [-0.05, 0) is 25.0 Å². The van der Waals surface area contributed by atoms with Crippen molar-refractivity contribution < 1.29 is 14.6 Å². The third-order valence-electron chi connectivity index (χ3n) is 3.08. The molecule has 0 aromatic heterocycles. The maximum Gasteiger partial charge on any atom is 0.412 e. The van der Waals surface area contributed by atoms with Crippen molar-refractivity contribution in [1.82, 2.24) is 5.32 Å². The maximum atomic E-state index is 11.5. The number of hydrogen-bond donors (Lipinski definition) is 2. The molecule has 0 saturated heterocycles. The molecular weight excluding hydrogens is 218 g/mol. The van der Waals surface area contributed by atoms with Crippen LogP contribution < -0.4 is 10.1 Å². The molecule has 1 amide bonds. The van der Waals surface area contributed by atoms with Crippen LogP contribution in [0.25, 0.3) is 0 Å². The molecule has 17 heavy (non-hydrogen) atoms. The summed E-state index contributed by atoms with van der Waals surface area (Å²) in [5.41, 5.74) is 0. The molecule has 2 atom stereocenters. The highest BCUT2D eigenvalue weighted by Crippen LogP contribution is 2.24. The number of carbonyl (C=O) groups excluding carboxylic acids is 1. The van der Waals surface area contributed by atoms with Crippen molar-refractivity contribution >= 4 is 6.09 Å². The molecule has 1 aromatic carbocycles. The number of aliphatic hydroxyl groups excluding tert-OH is 1. The Morgan fingerprint density at radius 3 is 2.76 bits per heavy atom. The van der Waals surface area contributed by atoms with Crippen molar-refractivity contribution in [2.45, 2.75) is 25.4 Å². The van der Waals surface area contributed by atoms with Gasteiger partial charge in [-0.15, -0.1) is 0 Å². The average molecular weight is 235 g/mol. The summed E-state index contributed by atoms with van der Waals surface area (Å²) in [5, 5.41) is 12.3. The minimum atomic E-state index is -0.463. The van der Waals surface area contributed by atoms with E-state index in [1.165, 1.54) is 0 Å². The van der Waals surface area contributed by atoms with E-state index in [1.54, 1.807) is 12.1 Å². The fourth-order valence-corrected chi connectivity index (χ4v) is 2.10. The summed E-state index contributed by atoms with van der Waals surface area (Å²) >= 11 is 0. The number of benzene rings is 1. The first kappa shape index (κ1) is 11.9. The SMILES string of the molecule is O=C(NCC1CCCC1O)Oc1ccccc1. The molecule has 0 radical (unpaired) electrons. The number of hydrogen-bond acceptors (Lipinski definition) is 3. The van der Waals surface area contributed by atoms with Crippen molar-refractivity contribution in [3.05, 3.63) is 30.3 Å². The molecule has 2 unspecified atom stereocenters. The lowest BCUT2D eigenvalue weighted by Gasteiger charge is -2.14. The second-order valence-electron chi connectivity index (χ2n) is 4.34. The van der Waals surface area contributed by atoms with E-state index < -0.39 is 6.09 Å². The largest absolute Gasteiger partial charge is 0.412 e. The number of para-hydroxylation sites is 1. The zero-order valence-electron chi connectivity index (χ0n) is 9.63. The van der Waals surface area contributed by atoms with Gasteiger partial charge in [0.1, 0.15) is 5.75 Å². The van der Waals surface area contributed by atoms with Crippen LogP contribution in [0.5, 0.6) is 5.75 Å². The van der Waals surface area contributed by atoms with Gasteiger partial charge < -0.3 is 15.2 Å². The molecule has 4 nitrogen and oxygen atoms in total. The second kappa shape index (κ2) is 5.68. The summed E-state index contributed by atoms with van der Waals surface area (Å²) in [7, 11) is 0. The second-order valence-corrected chi connectivity index (χ2v) is 4.34.